The first-order valence-electron chi connectivity index (χ1n) is 7.56. The third-order valence-corrected chi connectivity index (χ3v) is 4.77. The van der Waals surface area contributed by atoms with Crippen LogP contribution in [-0.2, 0) is 0 Å². The van der Waals surface area contributed by atoms with E-state index in [0.717, 1.165) is 17.1 Å². The fourth-order valence-electron chi connectivity index (χ4n) is 3.23. The summed E-state index contributed by atoms with van der Waals surface area (Å²) in [4.78, 5) is 4.30. The van der Waals surface area contributed by atoms with Gasteiger partial charge in [-0.2, -0.15) is 10.5 Å². The molecule has 0 spiro atoms. The molecule has 4 nitrogen and oxygen atoms in total. The number of fused-ring (bicyclic) bond motifs is 1. The molecule has 1 atom stereocenters. The molecular weight excluding hydrogens is 284 g/mol. The van der Waals surface area contributed by atoms with Crippen LogP contribution in [0.1, 0.15) is 29.2 Å². The van der Waals surface area contributed by atoms with Crippen LogP contribution in [-0.4, -0.2) is 13.2 Å². The van der Waals surface area contributed by atoms with Crippen molar-refractivity contribution in [2.75, 3.05) is 16.8 Å². The minimum absolute atomic E-state index is 0.0755. The molecular formula is C19H18N4. The molecule has 1 heterocycles. The molecule has 0 bridgehead atoms. The second-order valence-corrected chi connectivity index (χ2v) is 5.91. The summed E-state index contributed by atoms with van der Waals surface area (Å²) >= 11 is 0. The number of nitriles is 2. The monoisotopic (exact) mass is 302 g/mol. The highest BCUT2D eigenvalue weighted by Gasteiger charge is 2.35. The molecule has 1 aliphatic rings. The number of rotatable bonds is 1. The standard InChI is InChI=1S/C19H18N4/c1-12-6-5-7-17(13(12)2)23-14(3)22(4)19-16(11-21)15(10-20)8-9-18(19)23/h5-9,14H,1-4H3/t14-/m0/s1. The summed E-state index contributed by atoms with van der Waals surface area (Å²) in [5.74, 6) is 0. The molecule has 114 valence electrons. The molecule has 0 unspecified atom stereocenters. The van der Waals surface area contributed by atoms with Crippen molar-refractivity contribution in [3.8, 4) is 12.1 Å². The molecule has 3 rings (SSSR count). The SMILES string of the molecule is Cc1cccc(N2c3ccc(C#N)c(C#N)c3N(C)[C@@H]2C)c1C. The first kappa shape index (κ1) is 14.9. The van der Waals surface area contributed by atoms with Crippen molar-refractivity contribution >= 4 is 17.1 Å². The predicted molar refractivity (Wildman–Crippen MR) is 91.8 cm³/mol. The lowest BCUT2D eigenvalue weighted by molar-refractivity contribution is 0.732. The van der Waals surface area contributed by atoms with E-state index in [9.17, 15) is 10.5 Å². The van der Waals surface area contributed by atoms with E-state index in [1.54, 1.807) is 6.07 Å². The van der Waals surface area contributed by atoms with Crippen LogP contribution in [0.2, 0.25) is 0 Å². The Bertz CT molecular complexity index is 870. The Morgan fingerprint density at radius 3 is 2.39 bits per heavy atom. The summed E-state index contributed by atoms with van der Waals surface area (Å²) in [5, 5.41) is 18.8. The molecule has 2 aromatic rings. The minimum atomic E-state index is 0.0755. The van der Waals surface area contributed by atoms with Gasteiger partial charge in [0.05, 0.1) is 22.5 Å². The van der Waals surface area contributed by atoms with Crippen LogP contribution in [0.15, 0.2) is 30.3 Å². The van der Waals surface area contributed by atoms with Crippen LogP contribution in [0.3, 0.4) is 0 Å². The second kappa shape index (κ2) is 5.34. The second-order valence-electron chi connectivity index (χ2n) is 5.91. The van der Waals surface area contributed by atoms with Crippen molar-refractivity contribution < 1.29 is 0 Å². The molecule has 0 amide bonds. The van der Waals surface area contributed by atoms with E-state index in [2.05, 4.69) is 60.9 Å². The average molecular weight is 302 g/mol. The van der Waals surface area contributed by atoms with Crippen molar-refractivity contribution in [3.05, 3.63) is 52.6 Å². The smallest absolute Gasteiger partial charge is 0.103 e. The van der Waals surface area contributed by atoms with Crippen molar-refractivity contribution in [2.24, 2.45) is 0 Å². The molecule has 1 aliphatic heterocycles. The lowest BCUT2D eigenvalue weighted by Crippen LogP contribution is -2.36. The highest BCUT2D eigenvalue weighted by molar-refractivity contribution is 5.89. The summed E-state index contributed by atoms with van der Waals surface area (Å²) < 4.78 is 0. The molecule has 4 heteroatoms. The highest BCUT2D eigenvalue weighted by atomic mass is 15.4. The molecule has 2 aromatic carbocycles. The van der Waals surface area contributed by atoms with Crippen LogP contribution < -0.4 is 9.80 Å². The average Bonchev–Trinajstić information content (AvgIpc) is 2.81. The van der Waals surface area contributed by atoms with Gasteiger partial charge in [0.15, 0.2) is 0 Å². The van der Waals surface area contributed by atoms with Crippen LogP contribution in [0, 0.1) is 36.5 Å². The van der Waals surface area contributed by atoms with Gasteiger partial charge >= 0.3 is 0 Å². The summed E-state index contributed by atoms with van der Waals surface area (Å²) in [7, 11) is 1.97. The van der Waals surface area contributed by atoms with E-state index in [1.165, 1.54) is 11.1 Å². The molecule has 0 N–H and O–H groups in total. The summed E-state index contributed by atoms with van der Waals surface area (Å²) in [6, 6.07) is 14.3. The zero-order valence-corrected chi connectivity index (χ0v) is 13.8. The predicted octanol–water partition coefficient (Wildman–Crippen LogP) is 3.98. The molecule has 0 saturated heterocycles. The lowest BCUT2D eigenvalue weighted by atomic mass is 10.0. The van der Waals surface area contributed by atoms with Crippen LogP contribution in [0.25, 0.3) is 0 Å². The Kier molecular flexibility index (Phi) is 3.47. The maximum absolute atomic E-state index is 9.53. The molecule has 0 aliphatic carbocycles. The van der Waals surface area contributed by atoms with Crippen molar-refractivity contribution in [3.63, 3.8) is 0 Å². The third kappa shape index (κ3) is 2.04. The van der Waals surface area contributed by atoms with Gasteiger partial charge in [-0.25, -0.2) is 0 Å². The van der Waals surface area contributed by atoms with Gasteiger partial charge in [0.1, 0.15) is 18.3 Å². The topological polar surface area (TPSA) is 54.1 Å². The van der Waals surface area contributed by atoms with Gasteiger partial charge in [-0.05, 0) is 50.1 Å². The number of benzene rings is 2. The van der Waals surface area contributed by atoms with Gasteiger partial charge in [-0.3, -0.25) is 0 Å². The largest absolute Gasteiger partial charge is 0.351 e. The fourth-order valence-corrected chi connectivity index (χ4v) is 3.23. The molecule has 0 radical (unpaired) electrons. The van der Waals surface area contributed by atoms with E-state index in [1.807, 2.05) is 13.1 Å². The Labute approximate surface area is 136 Å². The first-order chi connectivity index (χ1) is 11.0. The Balaban J connectivity index is 2.28. The van der Waals surface area contributed by atoms with E-state index in [-0.39, 0.29) is 6.17 Å². The van der Waals surface area contributed by atoms with Crippen LogP contribution >= 0.6 is 0 Å². The highest BCUT2D eigenvalue weighted by Crippen LogP contribution is 2.46. The maximum atomic E-state index is 9.53. The van der Waals surface area contributed by atoms with E-state index < -0.39 is 0 Å². The van der Waals surface area contributed by atoms with Gasteiger partial charge in [-0.1, -0.05) is 12.1 Å². The van der Waals surface area contributed by atoms with Gasteiger partial charge in [0.25, 0.3) is 0 Å². The summed E-state index contributed by atoms with van der Waals surface area (Å²) in [5.41, 5.74) is 6.28. The maximum Gasteiger partial charge on any atom is 0.103 e. The first-order valence-corrected chi connectivity index (χ1v) is 7.56. The number of nitrogens with zero attached hydrogens (tertiary/aromatic N) is 4. The summed E-state index contributed by atoms with van der Waals surface area (Å²) in [6.45, 7) is 6.32. The molecule has 0 fully saturated rings. The fraction of sp³-hybridized carbons (Fsp3) is 0.263. The van der Waals surface area contributed by atoms with Crippen LogP contribution in [0.5, 0.6) is 0 Å². The van der Waals surface area contributed by atoms with Gasteiger partial charge < -0.3 is 9.80 Å². The Morgan fingerprint density at radius 2 is 1.74 bits per heavy atom. The number of anilines is 3. The zero-order chi connectivity index (χ0) is 16.7. The normalized spacial score (nSPS) is 16.0. The number of hydrogen-bond acceptors (Lipinski definition) is 4. The third-order valence-electron chi connectivity index (χ3n) is 4.77. The van der Waals surface area contributed by atoms with Gasteiger partial charge in [0, 0.05) is 12.7 Å². The lowest BCUT2D eigenvalue weighted by Gasteiger charge is -2.29. The minimum Gasteiger partial charge on any atom is -0.351 e. The van der Waals surface area contributed by atoms with E-state index in [4.69, 9.17) is 0 Å². The molecule has 23 heavy (non-hydrogen) atoms. The van der Waals surface area contributed by atoms with E-state index in [0.29, 0.717) is 11.1 Å². The Morgan fingerprint density at radius 1 is 1.00 bits per heavy atom. The van der Waals surface area contributed by atoms with Crippen molar-refractivity contribution in [1.29, 1.82) is 10.5 Å². The molecule has 0 aromatic heterocycles. The van der Waals surface area contributed by atoms with Crippen molar-refractivity contribution in [2.45, 2.75) is 26.9 Å². The van der Waals surface area contributed by atoms with Crippen LogP contribution in [0.4, 0.5) is 17.1 Å². The van der Waals surface area contributed by atoms with Gasteiger partial charge in [-0.15, -0.1) is 0 Å². The zero-order valence-electron chi connectivity index (χ0n) is 13.8. The van der Waals surface area contributed by atoms with Crippen molar-refractivity contribution in [1.82, 2.24) is 0 Å². The summed E-state index contributed by atoms with van der Waals surface area (Å²) in [6.07, 6.45) is 0.0755. The van der Waals surface area contributed by atoms with E-state index >= 15 is 0 Å². The molecule has 0 saturated carbocycles. The van der Waals surface area contributed by atoms with Gasteiger partial charge in [0.2, 0.25) is 0 Å². The quantitative estimate of drug-likeness (QED) is 0.799. The Hall–Kier alpha value is -2.98. The number of hydrogen-bond donors (Lipinski definition) is 0. The number of aryl methyl sites for hydroxylation is 1.